The van der Waals surface area contributed by atoms with Gasteiger partial charge in [0.05, 0.1) is 6.04 Å². The zero-order valence-corrected chi connectivity index (χ0v) is 18.6. The van der Waals surface area contributed by atoms with Crippen molar-refractivity contribution < 1.29 is 9.53 Å². The van der Waals surface area contributed by atoms with Crippen LogP contribution in [0.15, 0.2) is 84.9 Å². The van der Waals surface area contributed by atoms with E-state index in [1.165, 1.54) is 0 Å². The maximum absolute atomic E-state index is 13.0. The largest absolute Gasteiger partial charge is 0.492 e. The van der Waals surface area contributed by atoms with Crippen molar-refractivity contribution in [2.24, 2.45) is 0 Å². The van der Waals surface area contributed by atoms with Crippen LogP contribution in [0.1, 0.15) is 6.92 Å². The van der Waals surface area contributed by atoms with Gasteiger partial charge in [-0.3, -0.25) is 14.6 Å². The third-order valence-electron chi connectivity index (χ3n) is 6.02. The minimum atomic E-state index is -0.179. The quantitative estimate of drug-likeness (QED) is 0.577. The third kappa shape index (κ3) is 5.75. The second-order valence-corrected chi connectivity index (χ2v) is 8.12. The van der Waals surface area contributed by atoms with E-state index in [9.17, 15) is 4.79 Å². The van der Waals surface area contributed by atoms with Gasteiger partial charge in [0.25, 0.3) is 0 Å². The molecule has 1 heterocycles. The summed E-state index contributed by atoms with van der Waals surface area (Å²) in [7, 11) is 0. The van der Waals surface area contributed by atoms with Gasteiger partial charge in [-0.25, -0.2) is 0 Å². The molecule has 3 aromatic rings. The number of carbonyl (C=O) groups is 1. The fourth-order valence-electron chi connectivity index (χ4n) is 4.05. The molecule has 0 radical (unpaired) electrons. The predicted molar refractivity (Wildman–Crippen MR) is 130 cm³/mol. The number of rotatable bonds is 8. The van der Waals surface area contributed by atoms with E-state index in [0.717, 1.165) is 55.3 Å². The molecule has 1 saturated heterocycles. The van der Waals surface area contributed by atoms with Gasteiger partial charge >= 0.3 is 0 Å². The summed E-state index contributed by atoms with van der Waals surface area (Å²) in [5.41, 5.74) is 2.99. The molecule has 4 rings (SSSR count). The molecule has 5 heteroatoms. The smallest absolute Gasteiger partial charge is 0.241 e. The molecule has 1 atom stereocenters. The first-order chi connectivity index (χ1) is 15.7. The summed E-state index contributed by atoms with van der Waals surface area (Å²) >= 11 is 0. The van der Waals surface area contributed by atoms with Crippen LogP contribution in [0.25, 0.3) is 11.1 Å². The van der Waals surface area contributed by atoms with Gasteiger partial charge in [-0.05, 0) is 30.7 Å². The monoisotopic (exact) mass is 429 g/mol. The molecule has 0 unspecified atom stereocenters. The van der Waals surface area contributed by atoms with Gasteiger partial charge in [-0.15, -0.1) is 0 Å². The van der Waals surface area contributed by atoms with Crippen molar-refractivity contribution in [3.63, 3.8) is 0 Å². The Morgan fingerprint density at radius 3 is 2.22 bits per heavy atom. The molecule has 1 amide bonds. The van der Waals surface area contributed by atoms with E-state index in [1.807, 2.05) is 79.7 Å². The second kappa shape index (κ2) is 10.9. The van der Waals surface area contributed by atoms with Gasteiger partial charge in [0.2, 0.25) is 5.91 Å². The van der Waals surface area contributed by atoms with Gasteiger partial charge in [-0.1, -0.05) is 66.7 Å². The molecule has 1 fully saturated rings. The lowest BCUT2D eigenvalue weighted by Crippen LogP contribution is -2.53. The standard InChI is InChI=1S/C27H31N3O2/c1-22(27(31)28-26-15-9-8-14-25(26)23-10-4-2-5-11-23)30-18-16-29(17-19-30)20-21-32-24-12-6-3-7-13-24/h2-15,22H,16-21H2,1H3,(H,28,31)/t22-/m0/s1. The summed E-state index contributed by atoms with van der Waals surface area (Å²) in [5.74, 6) is 0.946. The molecule has 0 saturated carbocycles. The molecule has 0 bridgehead atoms. The summed E-state index contributed by atoms with van der Waals surface area (Å²) in [6.07, 6.45) is 0. The number of nitrogens with one attached hydrogen (secondary N) is 1. The highest BCUT2D eigenvalue weighted by molar-refractivity contribution is 5.98. The molecule has 0 spiro atoms. The molecule has 166 valence electrons. The summed E-state index contributed by atoms with van der Waals surface area (Å²) in [6, 6.07) is 27.9. The SMILES string of the molecule is C[C@@H](C(=O)Nc1ccccc1-c1ccccc1)N1CCN(CCOc2ccccc2)CC1. The van der Waals surface area contributed by atoms with Gasteiger partial charge in [0.15, 0.2) is 0 Å². The molecular formula is C27H31N3O2. The van der Waals surface area contributed by atoms with E-state index in [2.05, 4.69) is 27.2 Å². The Morgan fingerprint density at radius 1 is 0.875 bits per heavy atom. The van der Waals surface area contributed by atoms with Crippen LogP contribution in [-0.4, -0.2) is 61.1 Å². The highest BCUT2D eigenvalue weighted by Crippen LogP contribution is 2.27. The Morgan fingerprint density at radius 2 is 1.50 bits per heavy atom. The lowest BCUT2D eigenvalue weighted by molar-refractivity contribution is -0.121. The third-order valence-corrected chi connectivity index (χ3v) is 6.02. The zero-order valence-electron chi connectivity index (χ0n) is 18.6. The number of anilines is 1. The lowest BCUT2D eigenvalue weighted by atomic mass is 10.0. The van der Waals surface area contributed by atoms with Crippen LogP contribution in [0.2, 0.25) is 0 Å². The average molecular weight is 430 g/mol. The average Bonchev–Trinajstić information content (AvgIpc) is 2.85. The van der Waals surface area contributed by atoms with Crippen LogP contribution in [-0.2, 0) is 4.79 Å². The van der Waals surface area contributed by atoms with Gasteiger partial charge in [-0.2, -0.15) is 0 Å². The molecule has 32 heavy (non-hydrogen) atoms. The molecule has 3 aromatic carbocycles. The number of carbonyl (C=O) groups excluding carboxylic acids is 1. The number of benzene rings is 3. The fourth-order valence-corrected chi connectivity index (χ4v) is 4.05. The van der Waals surface area contributed by atoms with Crippen molar-refractivity contribution in [1.82, 2.24) is 9.80 Å². The van der Waals surface area contributed by atoms with Gasteiger partial charge < -0.3 is 10.1 Å². The van der Waals surface area contributed by atoms with Crippen molar-refractivity contribution in [3.8, 4) is 16.9 Å². The highest BCUT2D eigenvalue weighted by Gasteiger charge is 2.26. The summed E-state index contributed by atoms with van der Waals surface area (Å²) in [6.45, 7) is 7.20. The first kappa shape index (κ1) is 22.1. The zero-order chi connectivity index (χ0) is 22.2. The number of para-hydroxylation sites is 2. The van der Waals surface area contributed by atoms with Crippen molar-refractivity contribution >= 4 is 11.6 Å². The first-order valence-corrected chi connectivity index (χ1v) is 11.3. The maximum atomic E-state index is 13.0. The van der Waals surface area contributed by atoms with Crippen molar-refractivity contribution in [2.75, 3.05) is 44.6 Å². The molecule has 0 aromatic heterocycles. The molecule has 1 aliphatic rings. The predicted octanol–water partition coefficient (Wildman–Crippen LogP) is 4.38. The molecule has 1 aliphatic heterocycles. The maximum Gasteiger partial charge on any atom is 0.241 e. The topological polar surface area (TPSA) is 44.8 Å². The van der Waals surface area contributed by atoms with Gasteiger partial charge in [0, 0.05) is 44.0 Å². The van der Waals surface area contributed by atoms with Crippen LogP contribution in [0.5, 0.6) is 5.75 Å². The van der Waals surface area contributed by atoms with E-state index in [0.29, 0.717) is 6.61 Å². The van der Waals surface area contributed by atoms with Gasteiger partial charge in [0.1, 0.15) is 12.4 Å². The lowest BCUT2D eigenvalue weighted by Gasteiger charge is -2.37. The Balaban J connectivity index is 1.27. The van der Waals surface area contributed by atoms with Crippen LogP contribution in [0.3, 0.4) is 0 Å². The number of hydrogen-bond donors (Lipinski definition) is 1. The minimum Gasteiger partial charge on any atom is -0.492 e. The molecule has 0 aliphatic carbocycles. The molecular weight excluding hydrogens is 398 g/mol. The summed E-state index contributed by atoms with van der Waals surface area (Å²) in [5, 5.41) is 3.16. The van der Waals surface area contributed by atoms with Crippen LogP contribution in [0.4, 0.5) is 5.69 Å². The fraction of sp³-hybridized carbons (Fsp3) is 0.296. The normalized spacial score (nSPS) is 15.8. The minimum absolute atomic E-state index is 0.0363. The second-order valence-electron chi connectivity index (χ2n) is 8.12. The van der Waals surface area contributed by atoms with Crippen molar-refractivity contribution in [3.05, 3.63) is 84.9 Å². The van der Waals surface area contributed by atoms with E-state index in [-0.39, 0.29) is 11.9 Å². The molecule has 1 N–H and O–H groups in total. The van der Waals surface area contributed by atoms with E-state index < -0.39 is 0 Å². The van der Waals surface area contributed by atoms with E-state index in [1.54, 1.807) is 0 Å². The number of piperazine rings is 1. The Labute approximate surface area is 190 Å². The Kier molecular flexibility index (Phi) is 7.54. The number of nitrogens with zero attached hydrogens (tertiary/aromatic N) is 2. The highest BCUT2D eigenvalue weighted by atomic mass is 16.5. The Bertz CT molecular complexity index is 986. The molecule has 5 nitrogen and oxygen atoms in total. The van der Waals surface area contributed by atoms with Crippen LogP contribution in [0, 0.1) is 0 Å². The number of ether oxygens (including phenoxy) is 1. The number of hydrogen-bond acceptors (Lipinski definition) is 4. The van der Waals surface area contributed by atoms with Crippen molar-refractivity contribution in [2.45, 2.75) is 13.0 Å². The van der Waals surface area contributed by atoms with E-state index >= 15 is 0 Å². The van der Waals surface area contributed by atoms with Crippen molar-refractivity contribution in [1.29, 1.82) is 0 Å². The van der Waals surface area contributed by atoms with Crippen LogP contribution >= 0.6 is 0 Å². The summed E-state index contributed by atoms with van der Waals surface area (Å²) < 4.78 is 5.82. The summed E-state index contributed by atoms with van der Waals surface area (Å²) in [4.78, 5) is 17.7. The van der Waals surface area contributed by atoms with E-state index in [4.69, 9.17) is 4.74 Å². The first-order valence-electron chi connectivity index (χ1n) is 11.3. The van der Waals surface area contributed by atoms with Crippen LogP contribution < -0.4 is 10.1 Å². The number of amides is 1. The Hall–Kier alpha value is -3.15.